The summed E-state index contributed by atoms with van der Waals surface area (Å²) in [5, 5.41) is 21.5. The number of fused-ring (bicyclic) bond motifs is 1. The molecular weight excluding hydrogens is 498 g/mol. The van der Waals surface area contributed by atoms with Crippen molar-refractivity contribution in [3.8, 4) is 5.75 Å². The number of hydrogen-bond donors (Lipinski definition) is 2. The predicted octanol–water partition coefficient (Wildman–Crippen LogP) is 6.08. The molecule has 1 aliphatic carbocycles. The van der Waals surface area contributed by atoms with Crippen LogP contribution >= 0.6 is 27.5 Å². The van der Waals surface area contributed by atoms with E-state index in [-0.39, 0.29) is 28.1 Å². The zero-order chi connectivity index (χ0) is 22.6. The molecule has 6 nitrogen and oxygen atoms in total. The van der Waals surface area contributed by atoms with Gasteiger partial charge in [0.15, 0.2) is 11.5 Å². The standard InChI is InChI=1S/C24H19BrClNO5/c25-14-6-8-18-13(9-14)11-19(32-18)22(29)20-21(12-5-7-17(28)16(26)10-12)27(24(31)23(20)30)15-3-1-2-4-15/h5-11,15,21,28,30H,1-4H2. The molecule has 1 unspecified atom stereocenters. The summed E-state index contributed by atoms with van der Waals surface area (Å²) in [6.07, 6.45) is 3.53. The molecule has 164 valence electrons. The van der Waals surface area contributed by atoms with Crippen LogP contribution < -0.4 is 0 Å². The zero-order valence-corrected chi connectivity index (χ0v) is 19.2. The first-order valence-electron chi connectivity index (χ1n) is 10.3. The maximum absolute atomic E-state index is 13.6. The lowest BCUT2D eigenvalue weighted by Crippen LogP contribution is -2.38. The number of nitrogens with zero attached hydrogens (tertiary/aromatic N) is 1. The number of phenolic OH excluding ortho intramolecular Hbond substituents is 1. The normalized spacial score (nSPS) is 19.5. The SMILES string of the molecule is O=C(C1=C(O)C(=O)N(C2CCCC2)C1c1ccc(O)c(Cl)c1)c1cc2cc(Br)ccc2o1. The molecule has 2 heterocycles. The Hall–Kier alpha value is -2.77. The molecule has 5 rings (SSSR count). The van der Waals surface area contributed by atoms with Crippen LogP contribution in [0.3, 0.4) is 0 Å². The highest BCUT2D eigenvalue weighted by Crippen LogP contribution is 2.44. The molecule has 1 amide bonds. The number of benzene rings is 2. The van der Waals surface area contributed by atoms with E-state index in [0.717, 1.165) is 35.5 Å². The van der Waals surface area contributed by atoms with Gasteiger partial charge in [0, 0.05) is 15.9 Å². The van der Waals surface area contributed by atoms with Crippen molar-refractivity contribution in [1.82, 2.24) is 4.90 Å². The smallest absolute Gasteiger partial charge is 0.290 e. The van der Waals surface area contributed by atoms with Gasteiger partial charge in [-0.3, -0.25) is 9.59 Å². The maximum Gasteiger partial charge on any atom is 0.290 e. The third-order valence-corrected chi connectivity index (χ3v) is 6.99. The van der Waals surface area contributed by atoms with Crippen LogP contribution in [-0.2, 0) is 4.79 Å². The Morgan fingerprint density at radius 3 is 2.56 bits per heavy atom. The van der Waals surface area contributed by atoms with Gasteiger partial charge in [0.25, 0.3) is 5.91 Å². The van der Waals surface area contributed by atoms with Crippen LogP contribution in [0.25, 0.3) is 11.0 Å². The highest BCUT2D eigenvalue weighted by molar-refractivity contribution is 9.10. The molecule has 1 aromatic heterocycles. The number of phenols is 1. The first-order chi connectivity index (χ1) is 15.3. The average Bonchev–Trinajstić information content (AvgIpc) is 3.48. The van der Waals surface area contributed by atoms with Gasteiger partial charge in [0.05, 0.1) is 16.6 Å². The van der Waals surface area contributed by atoms with Crippen LogP contribution in [0, 0.1) is 0 Å². The molecule has 1 fully saturated rings. The largest absolute Gasteiger partial charge is 0.506 e. The van der Waals surface area contributed by atoms with Gasteiger partial charge in [-0.15, -0.1) is 0 Å². The molecule has 0 saturated heterocycles. The number of aliphatic hydroxyl groups excluding tert-OH is 1. The van der Waals surface area contributed by atoms with Crippen LogP contribution in [-0.4, -0.2) is 32.8 Å². The number of ketones is 1. The molecule has 0 spiro atoms. The quantitative estimate of drug-likeness (QED) is 0.410. The van der Waals surface area contributed by atoms with E-state index in [2.05, 4.69) is 15.9 Å². The first kappa shape index (κ1) is 21.1. The Labute approximate surface area is 197 Å². The lowest BCUT2D eigenvalue weighted by molar-refractivity contribution is -0.131. The van der Waals surface area contributed by atoms with E-state index in [1.54, 1.807) is 29.2 Å². The van der Waals surface area contributed by atoms with E-state index in [9.17, 15) is 19.8 Å². The second kappa shape index (κ2) is 7.98. The highest BCUT2D eigenvalue weighted by Gasteiger charge is 2.47. The number of carbonyl (C=O) groups is 2. The van der Waals surface area contributed by atoms with E-state index in [1.165, 1.54) is 12.1 Å². The number of aromatic hydroxyl groups is 1. The fourth-order valence-electron chi connectivity index (χ4n) is 4.69. The maximum atomic E-state index is 13.6. The van der Waals surface area contributed by atoms with Crippen molar-refractivity contribution < 1.29 is 24.2 Å². The number of hydrogen-bond acceptors (Lipinski definition) is 5. The molecule has 1 aliphatic heterocycles. The second-order valence-corrected chi connectivity index (χ2v) is 9.47. The summed E-state index contributed by atoms with van der Waals surface area (Å²) in [5.74, 6) is -1.77. The molecule has 2 N–H and O–H groups in total. The minimum absolute atomic E-state index is 0.0376. The minimum atomic E-state index is -0.823. The summed E-state index contributed by atoms with van der Waals surface area (Å²) in [4.78, 5) is 28.3. The van der Waals surface area contributed by atoms with Crippen LogP contribution in [0.1, 0.15) is 47.8 Å². The lowest BCUT2D eigenvalue weighted by Gasteiger charge is -2.32. The number of amides is 1. The van der Waals surface area contributed by atoms with E-state index in [1.807, 2.05) is 6.07 Å². The molecule has 2 aliphatic rings. The Bertz CT molecular complexity index is 1290. The summed E-state index contributed by atoms with van der Waals surface area (Å²) < 4.78 is 6.60. The molecule has 0 bridgehead atoms. The van der Waals surface area contributed by atoms with E-state index >= 15 is 0 Å². The van der Waals surface area contributed by atoms with E-state index in [0.29, 0.717) is 11.1 Å². The Morgan fingerprint density at radius 1 is 1.09 bits per heavy atom. The van der Waals surface area contributed by atoms with Crippen molar-refractivity contribution in [3.63, 3.8) is 0 Å². The van der Waals surface area contributed by atoms with Crippen molar-refractivity contribution in [2.75, 3.05) is 0 Å². The van der Waals surface area contributed by atoms with E-state index < -0.39 is 23.5 Å². The van der Waals surface area contributed by atoms with Crippen molar-refractivity contribution in [1.29, 1.82) is 0 Å². The summed E-state index contributed by atoms with van der Waals surface area (Å²) in [7, 11) is 0. The topological polar surface area (TPSA) is 91.0 Å². The number of furan rings is 1. The van der Waals surface area contributed by atoms with Gasteiger partial charge in [-0.05, 0) is 54.8 Å². The van der Waals surface area contributed by atoms with Crippen LogP contribution in [0.2, 0.25) is 5.02 Å². The molecule has 8 heteroatoms. The number of aliphatic hydroxyl groups is 1. The Balaban J connectivity index is 1.63. The van der Waals surface area contributed by atoms with Crippen molar-refractivity contribution in [2.45, 2.75) is 37.8 Å². The van der Waals surface area contributed by atoms with Crippen LogP contribution in [0.5, 0.6) is 5.75 Å². The van der Waals surface area contributed by atoms with Crippen molar-refractivity contribution >= 4 is 50.2 Å². The van der Waals surface area contributed by atoms with Gasteiger partial charge in [-0.2, -0.15) is 0 Å². The third kappa shape index (κ3) is 3.40. The van der Waals surface area contributed by atoms with Gasteiger partial charge in [0.1, 0.15) is 11.3 Å². The van der Waals surface area contributed by atoms with Gasteiger partial charge in [-0.1, -0.05) is 46.4 Å². The number of Topliss-reactive ketones (excluding diaryl/α,β-unsaturated/α-hetero) is 1. The average molecular weight is 517 g/mol. The van der Waals surface area contributed by atoms with Gasteiger partial charge in [-0.25, -0.2) is 0 Å². The highest BCUT2D eigenvalue weighted by atomic mass is 79.9. The van der Waals surface area contributed by atoms with E-state index in [4.69, 9.17) is 16.0 Å². The summed E-state index contributed by atoms with van der Waals surface area (Å²) in [6, 6.07) is 10.6. The lowest BCUT2D eigenvalue weighted by atomic mass is 9.94. The van der Waals surface area contributed by atoms with Crippen LogP contribution in [0.15, 0.2) is 62.7 Å². The fraction of sp³-hybridized carbons (Fsp3) is 0.250. The zero-order valence-electron chi connectivity index (χ0n) is 16.8. The Morgan fingerprint density at radius 2 is 1.84 bits per heavy atom. The first-order valence-corrected chi connectivity index (χ1v) is 11.5. The molecule has 32 heavy (non-hydrogen) atoms. The Kier molecular flexibility index (Phi) is 5.26. The van der Waals surface area contributed by atoms with Crippen molar-refractivity contribution in [3.05, 3.63) is 74.6 Å². The number of rotatable bonds is 4. The van der Waals surface area contributed by atoms with Crippen molar-refractivity contribution in [2.24, 2.45) is 0 Å². The summed E-state index contributed by atoms with van der Waals surface area (Å²) >= 11 is 9.55. The molecule has 0 radical (unpaired) electrons. The summed E-state index contributed by atoms with van der Waals surface area (Å²) in [5.41, 5.74) is 1.03. The number of halogens is 2. The minimum Gasteiger partial charge on any atom is -0.506 e. The monoisotopic (exact) mass is 515 g/mol. The molecule has 1 atom stereocenters. The number of carbonyl (C=O) groups excluding carboxylic acids is 2. The van der Waals surface area contributed by atoms with Gasteiger partial charge < -0.3 is 19.5 Å². The molecular formula is C24H19BrClNO5. The van der Waals surface area contributed by atoms with Crippen LogP contribution in [0.4, 0.5) is 0 Å². The molecule has 2 aromatic carbocycles. The molecule has 3 aromatic rings. The molecule has 1 saturated carbocycles. The summed E-state index contributed by atoms with van der Waals surface area (Å²) in [6.45, 7) is 0. The second-order valence-electron chi connectivity index (χ2n) is 8.15. The third-order valence-electron chi connectivity index (χ3n) is 6.20. The van der Waals surface area contributed by atoms with Gasteiger partial charge >= 0.3 is 0 Å². The fourth-order valence-corrected chi connectivity index (χ4v) is 5.26. The predicted molar refractivity (Wildman–Crippen MR) is 123 cm³/mol. The van der Waals surface area contributed by atoms with Gasteiger partial charge in [0.2, 0.25) is 5.78 Å².